The fraction of sp³-hybridized carbons (Fsp3) is 0.192. The molecule has 0 saturated carbocycles. The first-order valence-corrected chi connectivity index (χ1v) is 11.3. The van der Waals surface area contributed by atoms with Gasteiger partial charge in [0.15, 0.2) is 0 Å². The number of carbonyl (C=O) groups is 1. The quantitative estimate of drug-likeness (QED) is 0.410. The van der Waals surface area contributed by atoms with Crippen LogP contribution in [0.25, 0.3) is 22.1 Å². The smallest absolute Gasteiger partial charge is 0.344 e. The third kappa shape index (κ3) is 3.61. The lowest BCUT2D eigenvalue weighted by molar-refractivity contribution is 0.102. The van der Waals surface area contributed by atoms with Crippen molar-refractivity contribution in [2.24, 2.45) is 5.92 Å². The van der Waals surface area contributed by atoms with Gasteiger partial charge in [-0.2, -0.15) is 5.26 Å². The summed E-state index contributed by atoms with van der Waals surface area (Å²) < 4.78 is 5.41. The number of nitrogens with zero attached hydrogens (tertiary/aromatic N) is 1. The van der Waals surface area contributed by atoms with Crippen molar-refractivity contribution < 1.29 is 9.21 Å². The summed E-state index contributed by atoms with van der Waals surface area (Å²) in [7, 11) is 0. The van der Waals surface area contributed by atoms with Crippen molar-refractivity contribution in [2.45, 2.75) is 26.2 Å². The number of nitriles is 1. The number of benzene rings is 2. The second-order valence-corrected chi connectivity index (χ2v) is 9.29. The first-order chi connectivity index (χ1) is 15.5. The summed E-state index contributed by atoms with van der Waals surface area (Å²) in [5, 5.41) is 14.0. The van der Waals surface area contributed by atoms with Crippen molar-refractivity contribution in [2.75, 3.05) is 5.32 Å². The Balaban J connectivity index is 1.41. The first kappa shape index (κ1) is 20.2. The van der Waals surface area contributed by atoms with Crippen LogP contribution in [0.15, 0.2) is 63.8 Å². The lowest BCUT2D eigenvalue weighted by Crippen LogP contribution is -2.12. The Hall–Kier alpha value is -3.69. The van der Waals surface area contributed by atoms with Crippen molar-refractivity contribution in [3.63, 3.8) is 0 Å². The van der Waals surface area contributed by atoms with Crippen LogP contribution in [0.2, 0.25) is 0 Å². The zero-order chi connectivity index (χ0) is 22.2. The van der Waals surface area contributed by atoms with Crippen LogP contribution in [0.4, 0.5) is 5.00 Å². The molecule has 2 aromatic heterocycles. The zero-order valence-electron chi connectivity index (χ0n) is 17.5. The summed E-state index contributed by atoms with van der Waals surface area (Å²) in [5.74, 6) is 0.321. The number of hydrogen-bond acceptors (Lipinski definition) is 5. The highest BCUT2D eigenvalue weighted by atomic mass is 32.1. The molecular formula is C26H20N2O3S. The van der Waals surface area contributed by atoms with Gasteiger partial charge < -0.3 is 9.73 Å². The number of rotatable bonds is 3. The van der Waals surface area contributed by atoms with E-state index in [9.17, 15) is 14.9 Å². The van der Waals surface area contributed by atoms with Crippen LogP contribution in [0.1, 0.15) is 39.7 Å². The topological polar surface area (TPSA) is 83.1 Å². The van der Waals surface area contributed by atoms with E-state index in [-0.39, 0.29) is 5.91 Å². The fourth-order valence-corrected chi connectivity index (χ4v) is 5.55. The van der Waals surface area contributed by atoms with Crippen LogP contribution >= 0.6 is 11.3 Å². The molecule has 1 aliphatic carbocycles. The molecule has 1 N–H and O–H groups in total. The number of carbonyl (C=O) groups excluding carboxylic acids is 1. The highest BCUT2D eigenvalue weighted by Crippen LogP contribution is 2.39. The Bertz CT molecular complexity index is 1440. The Labute approximate surface area is 188 Å². The van der Waals surface area contributed by atoms with Crippen LogP contribution in [-0.2, 0) is 12.8 Å². The van der Waals surface area contributed by atoms with Crippen molar-refractivity contribution >= 4 is 33.2 Å². The van der Waals surface area contributed by atoms with Crippen LogP contribution in [0.3, 0.4) is 0 Å². The molecule has 1 atom stereocenters. The van der Waals surface area contributed by atoms with Crippen LogP contribution in [0, 0.1) is 17.2 Å². The summed E-state index contributed by atoms with van der Waals surface area (Å²) in [5.41, 5.74) is 3.39. The number of anilines is 1. The first-order valence-electron chi connectivity index (χ1n) is 10.5. The van der Waals surface area contributed by atoms with Gasteiger partial charge in [0.2, 0.25) is 0 Å². The molecule has 0 aliphatic heterocycles. The normalized spacial score (nSPS) is 15.2. The maximum absolute atomic E-state index is 12.9. The number of para-hydroxylation sites is 1. The highest BCUT2D eigenvalue weighted by molar-refractivity contribution is 7.16. The standard InChI is InChI=1S/C26H20N2O3S/c1-15-6-11-19-21(14-27)25(32-23(19)12-15)28-24(29)17-9-7-16(8-10-17)20-13-18-4-2-3-5-22(18)31-26(20)30/h2-5,7-10,13,15H,6,11-12H2,1H3,(H,28,29). The van der Waals surface area contributed by atoms with E-state index in [1.165, 1.54) is 16.2 Å². The van der Waals surface area contributed by atoms with E-state index in [1.807, 2.05) is 18.2 Å². The van der Waals surface area contributed by atoms with Gasteiger partial charge in [-0.1, -0.05) is 37.3 Å². The SMILES string of the molecule is CC1CCc2c(sc(NC(=O)c3ccc(-c4cc5ccccc5oc4=O)cc3)c2C#N)C1. The molecule has 1 amide bonds. The van der Waals surface area contributed by atoms with Crippen molar-refractivity contribution in [1.82, 2.24) is 0 Å². The van der Waals surface area contributed by atoms with Gasteiger partial charge in [-0.05, 0) is 60.6 Å². The minimum Gasteiger partial charge on any atom is -0.422 e. The molecular weight excluding hydrogens is 420 g/mol. The van der Waals surface area contributed by atoms with Gasteiger partial charge in [-0.15, -0.1) is 11.3 Å². The maximum atomic E-state index is 12.9. The molecule has 5 nitrogen and oxygen atoms in total. The Morgan fingerprint density at radius 1 is 1.19 bits per heavy atom. The van der Waals surface area contributed by atoms with Gasteiger partial charge in [0.25, 0.3) is 5.91 Å². The van der Waals surface area contributed by atoms with Crippen LogP contribution in [0.5, 0.6) is 0 Å². The molecule has 158 valence electrons. The fourth-order valence-electron chi connectivity index (χ4n) is 4.20. The zero-order valence-corrected chi connectivity index (χ0v) is 18.3. The third-order valence-electron chi connectivity index (χ3n) is 5.95. The van der Waals surface area contributed by atoms with E-state index < -0.39 is 5.63 Å². The Kier molecular flexibility index (Phi) is 5.12. The molecule has 32 heavy (non-hydrogen) atoms. The minimum absolute atomic E-state index is 0.273. The number of fused-ring (bicyclic) bond motifs is 2. The summed E-state index contributed by atoms with van der Waals surface area (Å²) >= 11 is 1.51. The van der Waals surface area contributed by atoms with E-state index >= 15 is 0 Å². The molecule has 0 fully saturated rings. The van der Waals surface area contributed by atoms with Crippen molar-refractivity contribution in [3.8, 4) is 17.2 Å². The van der Waals surface area contributed by atoms with Gasteiger partial charge in [-0.25, -0.2) is 4.79 Å². The average Bonchev–Trinajstić information content (AvgIpc) is 3.14. The minimum atomic E-state index is -0.419. The van der Waals surface area contributed by atoms with Crippen LogP contribution in [-0.4, -0.2) is 5.91 Å². The average molecular weight is 441 g/mol. The Morgan fingerprint density at radius 2 is 1.97 bits per heavy atom. The molecule has 1 unspecified atom stereocenters. The number of thiophene rings is 1. The largest absolute Gasteiger partial charge is 0.422 e. The van der Waals surface area contributed by atoms with E-state index in [1.54, 1.807) is 36.4 Å². The number of amides is 1. The summed E-state index contributed by atoms with van der Waals surface area (Å²) in [6.07, 6.45) is 2.90. The lowest BCUT2D eigenvalue weighted by Gasteiger charge is -2.17. The van der Waals surface area contributed by atoms with Gasteiger partial charge in [-0.3, -0.25) is 4.79 Å². The van der Waals surface area contributed by atoms with E-state index in [4.69, 9.17) is 4.42 Å². The molecule has 0 spiro atoms. The number of nitrogens with one attached hydrogen (secondary N) is 1. The second-order valence-electron chi connectivity index (χ2n) is 8.18. The molecule has 0 radical (unpaired) electrons. The third-order valence-corrected chi connectivity index (χ3v) is 7.12. The number of hydrogen-bond donors (Lipinski definition) is 1. The highest BCUT2D eigenvalue weighted by Gasteiger charge is 2.25. The molecule has 5 rings (SSSR count). The van der Waals surface area contributed by atoms with Crippen LogP contribution < -0.4 is 10.9 Å². The summed E-state index contributed by atoms with van der Waals surface area (Å²) in [4.78, 5) is 26.5. The Morgan fingerprint density at radius 3 is 2.75 bits per heavy atom. The van der Waals surface area contributed by atoms with E-state index in [2.05, 4.69) is 18.3 Å². The summed E-state index contributed by atoms with van der Waals surface area (Å²) in [6.45, 7) is 2.21. The van der Waals surface area contributed by atoms with Gasteiger partial charge in [0, 0.05) is 15.8 Å². The van der Waals surface area contributed by atoms with E-state index in [0.717, 1.165) is 30.2 Å². The molecule has 6 heteroatoms. The maximum Gasteiger partial charge on any atom is 0.344 e. The van der Waals surface area contributed by atoms with Gasteiger partial charge in [0.1, 0.15) is 16.7 Å². The molecule has 2 aromatic carbocycles. The summed E-state index contributed by atoms with van der Waals surface area (Å²) in [6, 6.07) is 18.3. The molecule has 0 saturated heterocycles. The van der Waals surface area contributed by atoms with E-state index in [0.29, 0.717) is 38.8 Å². The van der Waals surface area contributed by atoms with Crippen molar-refractivity contribution in [1.29, 1.82) is 5.26 Å². The predicted octanol–water partition coefficient (Wildman–Crippen LogP) is 5.77. The monoisotopic (exact) mass is 440 g/mol. The van der Waals surface area contributed by atoms with Gasteiger partial charge >= 0.3 is 5.63 Å². The predicted molar refractivity (Wildman–Crippen MR) is 126 cm³/mol. The second kappa shape index (κ2) is 8.10. The molecule has 0 bridgehead atoms. The molecule has 1 aliphatic rings. The lowest BCUT2D eigenvalue weighted by atomic mass is 9.88. The molecule has 4 aromatic rings. The molecule has 2 heterocycles. The van der Waals surface area contributed by atoms with Gasteiger partial charge in [0.05, 0.1) is 11.1 Å². The van der Waals surface area contributed by atoms with Crippen molar-refractivity contribution in [3.05, 3.63) is 86.6 Å².